The van der Waals surface area contributed by atoms with Gasteiger partial charge in [-0.3, -0.25) is 0 Å². The van der Waals surface area contributed by atoms with Gasteiger partial charge >= 0.3 is 0 Å². The molecular formula is C69H47N5O. The fraction of sp³-hybridized carbons (Fsp3) is 0. The van der Waals surface area contributed by atoms with Crippen molar-refractivity contribution < 1.29 is 4.42 Å². The van der Waals surface area contributed by atoms with E-state index in [0.29, 0.717) is 5.89 Å². The highest BCUT2D eigenvalue weighted by molar-refractivity contribution is 6.19. The maximum absolute atomic E-state index is 6.74. The largest absolute Gasteiger partial charge is 0.435 e. The van der Waals surface area contributed by atoms with Crippen LogP contribution >= 0.6 is 0 Å². The van der Waals surface area contributed by atoms with Gasteiger partial charge in [0.25, 0.3) is 0 Å². The molecule has 6 heteroatoms. The van der Waals surface area contributed by atoms with E-state index in [2.05, 4.69) is 274 Å². The first-order chi connectivity index (χ1) is 37.2. The Morgan fingerprint density at radius 1 is 0.307 bits per heavy atom. The zero-order chi connectivity index (χ0) is 49.7. The van der Waals surface area contributed by atoms with Crippen molar-refractivity contribution >= 4 is 106 Å². The van der Waals surface area contributed by atoms with Crippen molar-refractivity contribution in [2.45, 2.75) is 0 Å². The van der Waals surface area contributed by atoms with E-state index in [1.807, 2.05) is 30.3 Å². The standard InChI is InChI=1S/C69H47N5O/c1-6-21-50(22-7-1)69-70-64-42-40-49-38-37-48-39-41-57(47-63(48)67(49)68(64)75-69)73(54-29-14-5-15-30-54)59-44-58(45-60(46-59)74-65-35-18-16-33-61(65)62-34-17-19-36-66(62)74)72(53-27-12-4-13-28-53)56-32-20-31-55(43-56)71(51-23-8-2-9-24-51)52-25-10-3-11-26-52/h1-47H. The smallest absolute Gasteiger partial charge is 0.227 e. The summed E-state index contributed by atoms with van der Waals surface area (Å²) in [6.45, 7) is 0. The lowest BCUT2D eigenvalue weighted by Gasteiger charge is -2.31. The van der Waals surface area contributed by atoms with Gasteiger partial charge in [0.2, 0.25) is 5.89 Å². The quantitative estimate of drug-likeness (QED) is 0.121. The highest BCUT2D eigenvalue weighted by Gasteiger charge is 2.24. The number of rotatable bonds is 11. The van der Waals surface area contributed by atoms with Gasteiger partial charge in [0.1, 0.15) is 5.52 Å². The van der Waals surface area contributed by atoms with E-state index in [4.69, 9.17) is 9.40 Å². The maximum atomic E-state index is 6.74. The van der Waals surface area contributed by atoms with E-state index >= 15 is 0 Å². The minimum atomic E-state index is 0.605. The van der Waals surface area contributed by atoms with Crippen LogP contribution < -0.4 is 14.7 Å². The molecule has 0 saturated carbocycles. The van der Waals surface area contributed by atoms with Crippen molar-refractivity contribution in [3.8, 4) is 17.1 Å². The summed E-state index contributed by atoms with van der Waals surface area (Å²) in [6, 6.07) is 102. The van der Waals surface area contributed by atoms with Crippen molar-refractivity contribution in [3.63, 3.8) is 0 Å². The third-order valence-corrected chi connectivity index (χ3v) is 14.3. The molecule has 0 N–H and O–H groups in total. The molecule has 6 nitrogen and oxygen atoms in total. The Morgan fingerprint density at radius 3 is 1.27 bits per heavy atom. The minimum Gasteiger partial charge on any atom is -0.435 e. The van der Waals surface area contributed by atoms with Crippen molar-refractivity contribution in [1.29, 1.82) is 0 Å². The predicted molar refractivity (Wildman–Crippen MR) is 313 cm³/mol. The molecule has 0 unspecified atom stereocenters. The molecule has 0 saturated heterocycles. The average Bonchev–Trinajstić information content (AvgIpc) is 4.10. The Labute approximate surface area is 434 Å². The number of aromatic nitrogens is 2. The summed E-state index contributed by atoms with van der Waals surface area (Å²) in [5.41, 5.74) is 15.0. The molecular weight excluding hydrogens is 915 g/mol. The first-order valence-corrected chi connectivity index (χ1v) is 25.4. The number of oxazole rings is 1. The van der Waals surface area contributed by atoms with Crippen molar-refractivity contribution in [3.05, 3.63) is 285 Å². The molecule has 0 amide bonds. The molecule has 14 rings (SSSR count). The Morgan fingerprint density at radius 2 is 0.720 bits per heavy atom. The number of para-hydroxylation sites is 6. The van der Waals surface area contributed by atoms with Crippen LogP contribution in [0.1, 0.15) is 0 Å². The second kappa shape index (κ2) is 18.5. The molecule has 75 heavy (non-hydrogen) atoms. The highest BCUT2D eigenvalue weighted by Crippen LogP contribution is 2.46. The predicted octanol–water partition coefficient (Wildman–Crippen LogP) is 19.3. The maximum Gasteiger partial charge on any atom is 0.227 e. The third-order valence-electron chi connectivity index (χ3n) is 14.3. The number of hydrogen-bond donors (Lipinski definition) is 0. The molecule has 354 valence electrons. The number of fused-ring (bicyclic) bond motifs is 8. The number of hydrogen-bond acceptors (Lipinski definition) is 5. The fourth-order valence-electron chi connectivity index (χ4n) is 10.9. The third kappa shape index (κ3) is 7.80. The van der Waals surface area contributed by atoms with Gasteiger partial charge in [0, 0.05) is 61.5 Å². The van der Waals surface area contributed by atoms with Crippen LogP contribution in [0, 0.1) is 0 Å². The Hall–Kier alpha value is -10.2. The van der Waals surface area contributed by atoms with Gasteiger partial charge in [-0.15, -0.1) is 0 Å². The lowest BCUT2D eigenvalue weighted by Crippen LogP contribution is -2.15. The van der Waals surface area contributed by atoms with E-state index < -0.39 is 0 Å². The Balaban J connectivity index is 1.03. The number of nitrogens with zero attached hydrogens (tertiary/aromatic N) is 5. The number of anilines is 9. The lowest BCUT2D eigenvalue weighted by molar-refractivity contribution is 0.623. The Kier molecular flexibility index (Phi) is 10.7. The van der Waals surface area contributed by atoms with Crippen LogP contribution in [-0.4, -0.2) is 9.55 Å². The summed E-state index contributed by atoms with van der Waals surface area (Å²) in [5.74, 6) is 0.605. The van der Waals surface area contributed by atoms with Crippen molar-refractivity contribution in [2.24, 2.45) is 0 Å². The van der Waals surface area contributed by atoms with Crippen LogP contribution in [0.5, 0.6) is 0 Å². The van der Waals surface area contributed by atoms with Gasteiger partial charge in [-0.05, 0) is 144 Å². The fourth-order valence-corrected chi connectivity index (χ4v) is 10.9. The van der Waals surface area contributed by atoms with E-state index in [9.17, 15) is 0 Å². The zero-order valence-corrected chi connectivity index (χ0v) is 40.8. The van der Waals surface area contributed by atoms with Gasteiger partial charge in [-0.25, -0.2) is 4.98 Å². The van der Waals surface area contributed by atoms with Crippen LogP contribution in [0.2, 0.25) is 0 Å². The van der Waals surface area contributed by atoms with Gasteiger partial charge in [-0.1, -0.05) is 158 Å². The molecule has 0 aliphatic carbocycles. The molecule has 0 aliphatic heterocycles. The molecule has 0 fully saturated rings. The highest BCUT2D eigenvalue weighted by atomic mass is 16.3. The van der Waals surface area contributed by atoms with E-state index in [1.54, 1.807) is 0 Å². The molecule has 0 aliphatic rings. The van der Waals surface area contributed by atoms with Crippen molar-refractivity contribution in [2.75, 3.05) is 14.7 Å². The monoisotopic (exact) mass is 961 g/mol. The lowest BCUT2D eigenvalue weighted by atomic mass is 10.00. The molecule has 0 atom stereocenters. The molecule has 2 aromatic heterocycles. The molecule has 2 heterocycles. The van der Waals surface area contributed by atoms with E-state index in [-0.39, 0.29) is 0 Å². The molecule has 0 bridgehead atoms. The average molecular weight is 962 g/mol. The normalized spacial score (nSPS) is 11.5. The van der Waals surface area contributed by atoms with Crippen LogP contribution in [0.25, 0.3) is 71.6 Å². The number of benzene rings is 12. The molecule has 0 spiro atoms. The van der Waals surface area contributed by atoms with Crippen LogP contribution in [0.3, 0.4) is 0 Å². The first-order valence-electron chi connectivity index (χ1n) is 25.4. The Bertz CT molecular complexity index is 4270. The van der Waals surface area contributed by atoms with Gasteiger partial charge in [0.05, 0.1) is 28.1 Å². The second-order valence-corrected chi connectivity index (χ2v) is 18.8. The topological polar surface area (TPSA) is 40.7 Å². The summed E-state index contributed by atoms with van der Waals surface area (Å²) in [5, 5.41) is 6.71. The summed E-state index contributed by atoms with van der Waals surface area (Å²) in [7, 11) is 0. The van der Waals surface area contributed by atoms with Gasteiger partial charge < -0.3 is 23.7 Å². The summed E-state index contributed by atoms with van der Waals surface area (Å²) < 4.78 is 9.16. The molecule has 14 aromatic rings. The summed E-state index contributed by atoms with van der Waals surface area (Å²) in [4.78, 5) is 12.1. The van der Waals surface area contributed by atoms with Crippen LogP contribution in [0.15, 0.2) is 290 Å². The van der Waals surface area contributed by atoms with E-state index in [0.717, 1.165) is 106 Å². The van der Waals surface area contributed by atoms with E-state index in [1.165, 1.54) is 10.8 Å². The minimum absolute atomic E-state index is 0.605. The zero-order valence-electron chi connectivity index (χ0n) is 40.8. The molecule has 12 aromatic carbocycles. The van der Waals surface area contributed by atoms with Gasteiger partial charge in [0.15, 0.2) is 5.58 Å². The second-order valence-electron chi connectivity index (χ2n) is 18.8. The summed E-state index contributed by atoms with van der Waals surface area (Å²) in [6.07, 6.45) is 0. The van der Waals surface area contributed by atoms with Crippen molar-refractivity contribution in [1.82, 2.24) is 9.55 Å². The summed E-state index contributed by atoms with van der Waals surface area (Å²) >= 11 is 0. The van der Waals surface area contributed by atoms with Crippen LogP contribution in [0.4, 0.5) is 51.2 Å². The SMILES string of the molecule is c1ccc(-c2nc3ccc4ccc5ccc(N(c6ccccc6)c6cc(N(c7ccccc7)c7cccc(N(c8ccccc8)c8ccccc8)c7)cc(-n7c8ccccc8c8ccccc87)c6)cc5c4c3o2)cc1. The van der Waals surface area contributed by atoms with Gasteiger partial charge in [-0.2, -0.15) is 0 Å². The first kappa shape index (κ1) is 43.6. The molecule has 0 radical (unpaired) electrons. The van der Waals surface area contributed by atoms with Crippen LogP contribution in [-0.2, 0) is 0 Å².